The van der Waals surface area contributed by atoms with Crippen LogP contribution in [0.2, 0.25) is 0 Å². The van der Waals surface area contributed by atoms with E-state index in [4.69, 9.17) is 5.11 Å². The molecule has 1 aromatic rings. The third-order valence-corrected chi connectivity index (χ3v) is 6.20. The first-order valence-electron chi connectivity index (χ1n) is 7.70. The van der Waals surface area contributed by atoms with Gasteiger partial charge in [0.2, 0.25) is 5.91 Å². The zero-order valence-electron chi connectivity index (χ0n) is 13.6. The topological polar surface area (TPSA) is 83.5 Å². The van der Waals surface area contributed by atoms with Crippen molar-refractivity contribution in [3.8, 4) is 0 Å². The number of halogens is 1. The van der Waals surface area contributed by atoms with Crippen LogP contribution in [0, 0.1) is 5.92 Å². The van der Waals surface area contributed by atoms with Gasteiger partial charge in [0.05, 0.1) is 17.1 Å². The number of allylic oxidation sites excluding steroid dienone is 4. The number of hydrogen-bond acceptors (Lipinski definition) is 5. The molecular formula is C17H18BrNO4S2. The van der Waals surface area contributed by atoms with E-state index in [0.717, 1.165) is 27.5 Å². The van der Waals surface area contributed by atoms with Crippen molar-refractivity contribution in [2.45, 2.75) is 19.8 Å². The minimum atomic E-state index is -0.957. The van der Waals surface area contributed by atoms with E-state index in [1.54, 1.807) is 0 Å². The molecule has 0 radical (unpaired) electrons. The van der Waals surface area contributed by atoms with Gasteiger partial charge in [0.15, 0.2) is 5.78 Å². The second-order valence-electron chi connectivity index (χ2n) is 5.40. The van der Waals surface area contributed by atoms with E-state index in [1.165, 1.54) is 11.3 Å². The largest absolute Gasteiger partial charge is 0.481 e. The summed E-state index contributed by atoms with van der Waals surface area (Å²) in [4.78, 5) is 36.4. The van der Waals surface area contributed by atoms with E-state index < -0.39 is 5.97 Å². The molecule has 1 aromatic heterocycles. The lowest BCUT2D eigenvalue weighted by Gasteiger charge is -2.13. The zero-order chi connectivity index (χ0) is 18.4. The Bertz CT molecular complexity index is 739. The van der Waals surface area contributed by atoms with Crippen LogP contribution in [0.5, 0.6) is 0 Å². The second kappa shape index (κ2) is 9.35. The minimum Gasteiger partial charge on any atom is -0.481 e. The quantitative estimate of drug-likeness (QED) is 0.590. The van der Waals surface area contributed by atoms with E-state index in [2.05, 4.69) is 21.2 Å². The molecule has 1 aliphatic rings. The third-order valence-electron chi connectivity index (χ3n) is 3.50. The van der Waals surface area contributed by atoms with Crippen molar-refractivity contribution in [2.75, 3.05) is 16.8 Å². The summed E-state index contributed by atoms with van der Waals surface area (Å²) in [6, 6.07) is 1.84. The molecule has 1 amide bonds. The Morgan fingerprint density at radius 3 is 2.76 bits per heavy atom. The highest BCUT2D eigenvalue weighted by molar-refractivity contribution is 9.11. The van der Waals surface area contributed by atoms with Crippen molar-refractivity contribution < 1.29 is 19.5 Å². The molecular weight excluding hydrogens is 426 g/mol. The van der Waals surface area contributed by atoms with Gasteiger partial charge in [-0.2, -0.15) is 0 Å². The van der Waals surface area contributed by atoms with Crippen LogP contribution in [-0.4, -0.2) is 34.3 Å². The van der Waals surface area contributed by atoms with Gasteiger partial charge in [0, 0.05) is 15.3 Å². The number of thioether (sulfide) groups is 1. The maximum Gasteiger partial charge on any atom is 0.313 e. The van der Waals surface area contributed by atoms with Gasteiger partial charge in [-0.3, -0.25) is 14.4 Å². The molecule has 0 saturated carbocycles. The molecule has 1 heterocycles. The van der Waals surface area contributed by atoms with Gasteiger partial charge in [-0.25, -0.2) is 0 Å². The summed E-state index contributed by atoms with van der Waals surface area (Å²) in [6.45, 7) is 1.99. The number of ketones is 1. The monoisotopic (exact) mass is 443 g/mol. The molecule has 2 rings (SSSR count). The van der Waals surface area contributed by atoms with E-state index in [0.29, 0.717) is 17.0 Å². The lowest BCUT2D eigenvalue weighted by atomic mass is 9.92. The lowest BCUT2D eigenvalue weighted by Crippen LogP contribution is -2.18. The summed E-state index contributed by atoms with van der Waals surface area (Å²) in [7, 11) is 0. The number of aliphatic carboxylic acids is 1. The molecule has 0 aromatic carbocycles. The summed E-state index contributed by atoms with van der Waals surface area (Å²) in [5.41, 5.74) is 0.527. The Kier molecular flexibility index (Phi) is 7.46. The van der Waals surface area contributed by atoms with Gasteiger partial charge in [-0.15, -0.1) is 23.1 Å². The Balaban J connectivity index is 2.09. The van der Waals surface area contributed by atoms with Gasteiger partial charge in [-0.1, -0.05) is 41.1 Å². The smallest absolute Gasteiger partial charge is 0.313 e. The molecule has 25 heavy (non-hydrogen) atoms. The van der Waals surface area contributed by atoms with Crippen LogP contribution in [0.1, 0.15) is 28.6 Å². The van der Waals surface area contributed by atoms with Gasteiger partial charge in [-0.05, 0) is 18.9 Å². The average Bonchev–Trinajstić information content (AvgIpc) is 2.97. The highest BCUT2D eigenvalue weighted by Crippen LogP contribution is 2.33. The third kappa shape index (κ3) is 5.83. The molecule has 0 fully saturated rings. The molecule has 1 atom stereocenters. The van der Waals surface area contributed by atoms with Crippen LogP contribution >= 0.6 is 39.0 Å². The van der Waals surface area contributed by atoms with E-state index in [1.807, 2.05) is 31.2 Å². The van der Waals surface area contributed by atoms with Crippen LogP contribution < -0.4 is 5.32 Å². The van der Waals surface area contributed by atoms with E-state index in [-0.39, 0.29) is 29.1 Å². The fourth-order valence-electron chi connectivity index (χ4n) is 2.27. The predicted octanol–water partition coefficient (Wildman–Crippen LogP) is 4.10. The fraction of sp³-hybridized carbons (Fsp3) is 0.353. The molecule has 5 nitrogen and oxygen atoms in total. The number of Topliss-reactive ketones (excluding diaryl/α,β-unsaturated/α-hetero) is 1. The molecule has 8 heteroatoms. The van der Waals surface area contributed by atoms with Crippen LogP contribution in [0.3, 0.4) is 0 Å². The van der Waals surface area contributed by atoms with E-state index in [9.17, 15) is 14.4 Å². The Labute approximate surface area is 162 Å². The van der Waals surface area contributed by atoms with Crippen LogP contribution in [0.15, 0.2) is 28.8 Å². The number of carboxylic acids is 1. The number of hydrogen-bond donors (Lipinski definition) is 2. The Morgan fingerprint density at radius 2 is 2.16 bits per heavy atom. The number of carbonyl (C=O) groups is 3. The zero-order valence-corrected chi connectivity index (χ0v) is 16.8. The maximum atomic E-state index is 12.8. The number of carbonyl (C=O) groups excluding carboxylic acids is 2. The molecule has 1 unspecified atom stereocenters. The van der Waals surface area contributed by atoms with Gasteiger partial charge in [0.1, 0.15) is 5.00 Å². The van der Waals surface area contributed by atoms with Gasteiger partial charge in [0.25, 0.3) is 0 Å². The summed E-state index contributed by atoms with van der Waals surface area (Å²) in [5, 5.41) is 11.9. The highest BCUT2D eigenvalue weighted by Gasteiger charge is 2.24. The summed E-state index contributed by atoms with van der Waals surface area (Å²) < 4.78 is 0.958. The summed E-state index contributed by atoms with van der Waals surface area (Å²) >= 11 is 5.80. The number of aryl methyl sites for hydroxylation is 1. The lowest BCUT2D eigenvalue weighted by molar-refractivity contribution is -0.133. The standard InChI is InChI=1S/C17H18BrNO4S2/c1-2-12-7-13(16(23)10-3-5-11(18)6-4-10)17(25-12)19-14(20)8-24-9-15(21)22/h3,5-7,10H,2,4,8-9H2,1H3,(H,19,20)(H,21,22). The van der Waals surface area contributed by atoms with Gasteiger partial charge >= 0.3 is 5.97 Å². The van der Waals surface area contributed by atoms with Crippen molar-refractivity contribution >= 4 is 61.7 Å². The second-order valence-corrected chi connectivity index (χ2v) is 8.44. The molecule has 0 aliphatic heterocycles. The van der Waals surface area contributed by atoms with Crippen LogP contribution in [0.4, 0.5) is 5.00 Å². The van der Waals surface area contributed by atoms with Crippen LogP contribution in [-0.2, 0) is 16.0 Å². The number of thiophene rings is 1. The minimum absolute atomic E-state index is 0.0167. The Hall–Kier alpha value is -1.38. The van der Waals surface area contributed by atoms with Crippen LogP contribution in [0.25, 0.3) is 0 Å². The first-order valence-corrected chi connectivity index (χ1v) is 10.5. The average molecular weight is 444 g/mol. The summed E-state index contributed by atoms with van der Waals surface area (Å²) in [5.74, 6) is -1.60. The fourth-order valence-corrected chi connectivity index (χ4v) is 4.17. The SMILES string of the molecule is CCc1cc(C(=O)C2C=CC(Br)=CC2)c(NC(=O)CSCC(=O)O)s1. The molecule has 2 N–H and O–H groups in total. The van der Waals surface area contributed by atoms with Crippen molar-refractivity contribution in [1.82, 2.24) is 0 Å². The molecule has 0 spiro atoms. The number of anilines is 1. The molecule has 1 aliphatic carbocycles. The summed E-state index contributed by atoms with van der Waals surface area (Å²) in [6.07, 6.45) is 7.08. The number of nitrogens with one attached hydrogen (secondary N) is 1. The Morgan fingerprint density at radius 1 is 1.40 bits per heavy atom. The highest BCUT2D eigenvalue weighted by atomic mass is 79.9. The number of amides is 1. The normalized spacial score (nSPS) is 16.4. The number of carboxylic acid groups (broad SMARTS) is 1. The number of rotatable bonds is 8. The van der Waals surface area contributed by atoms with Crippen molar-refractivity contribution in [1.29, 1.82) is 0 Å². The molecule has 0 saturated heterocycles. The molecule has 0 bridgehead atoms. The first kappa shape index (κ1) is 19.9. The van der Waals surface area contributed by atoms with Gasteiger partial charge < -0.3 is 10.4 Å². The maximum absolute atomic E-state index is 12.8. The van der Waals surface area contributed by atoms with Crippen molar-refractivity contribution in [3.05, 3.63) is 39.2 Å². The predicted molar refractivity (Wildman–Crippen MR) is 106 cm³/mol. The first-order chi connectivity index (χ1) is 11.9. The van der Waals surface area contributed by atoms with Crippen molar-refractivity contribution in [3.63, 3.8) is 0 Å². The van der Waals surface area contributed by atoms with Crippen molar-refractivity contribution in [2.24, 2.45) is 5.92 Å². The van der Waals surface area contributed by atoms with E-state index >= 15 is 0 Å². The molecule has 134 valence electrons.